The number of hydrogen-bond acceptors (Lipinski definition) is 7. The molecule has 0 saturated heterocycles. The van der Waals surface area contributed by atoms with Crippen LogP contribution in [0.4, 0.5) is 0 Å². The zero-order valence-electron chi connectivity index (χ0n) is 23.1. The number of unbranched alkanes of at least 4 members (excludes halogenated alkanes) is 12. The smallest absolute Gasteiger partial charge is 0.305 e. The van der Waals surface area contributed by atoms with Gasteiger partial charge in [0.25, 0.3) is 0 Å². The van der Waals surface area contributed by atoms with E-state index < -0.39 is 20.7 Å². The summed E-state index contributed by atoms with van der Waals surface area (Å²) in [6.07, 6.45) is 15.7. The first kappa shape index (κ1) is 34.2. The number of carbonyl (C=O) groups is 2. The van der Waals surface area contributed by atoms with Crippen molar-refractivity contribution in [1.82, 2.24) is 0 Å². The van der Waals surface area contributed by atoms with E-state index in [0.29, 0.717) is 17.4 Å². The number of hydrogen-bond donors (Lipinski definition) is 0. The third kappa shape index (κ3) is 26.1. The summed E-state index contributed by atoms with van der Waals surface area (Å²) < 4.78 is 21.3. The molecule has 2 atom stereocenters. The molecule has 0 N–H and O–H groups in total. The molecule has 0 aromatic heterocycles. The van der Waals surface area contributed by atoms with Crippen LogP contribution in [0.3, 0.4) is 0 Å². The van der Waals surface area contributed by atoms with E-state index in [-0.39, 0.29) is 25.8 Å². The molecule has 0 heterocycles. The van der Waals surface area contributed by atoms with E-state index in [1.54, 1.807) is 0 Å². The van der Waals surface area contributed by atoms with Gasteiger partial charge in [0.15, 0.2) is 6.10 Å². The molecule has 0 spiro atoms. The van der Waals surface area contributed by atoms with Gasteiger partial charge in [-0.3, -0.25) is 9.59 Å². The van der Waals surface area contributed by atoms with E-state index in [1.165, 1.54) is 71.1 Å². The molecule has 0 radical (unpaired) electrons. The second kappa shape index (κ2) is 22.4. The summed E-state index contributed by atoms with van der Waals surface area (Å²) in [7, 11) is 3.67. The summed E-state index contributed by atoms with van der Waals surface area (Å²) in [6.45, 7) is 4.18. The number of quaternary nitrogens is 1. The molecule has 0 rings (SSSR count). The van der Waals surface area contributed by atoms with Gasteiger partial charge in [-0.25, -0.2) is 0 Å². The largest absolute Gasteiger partial charge is 0.786 e. The standard InChI is InChI=1S/C26H52NO7P/c1-6-7-8-9-10-11-12-13-14-15-16-17-18-19-26(29)31-22-25(34-24(2)28)23-33-35(30)32-21-20-27(3,4)5/h25H,6-23H2,1-5H3. The number of esters is 2. The molecule has 0 amide bonds. The van der Waals surface area contributed by atoms with Crippen molar-refractivity contribution in [1.29, 1.82) is 0 Å². The molecular formula is C26H52NO7P. The van der Waals surface area contributed by atoms with Crippen molar-refractivity contribution >= 4 is 20.5 Å². The normalized spacial score (nSPS) is 13.4. The molecule has 0 aromatic carbocycles. The first-order chi connectivity index (χ1) is 16.6. The van der Waals surface area contributed by atoms with E-state index in [1.807, 2.05) is 21.1 Å². The van der Waals surface area contributed by atoms with Crippen molar-refractivity contribution in [2.75, 3.05) is 47.5 Å². The molecule has 0 aliphatic rings. The highest BCUT2D eigenvalue weighted by atomic mass is 31.2. The Hall–Kier alpha value is -0.790. The number of carbonyl (C=O) groups excluding carboxylic acids is 2. The summed E-state index contributed by atoms with van der Waals surface area (Å²) in [5, 5.41) is 0. The average Bonchev–Trinajstić information content (AvgIpc) is 2.77. The Morgan fingerprint density at radius 2 is 1.31 bits per heavy atom. The zero-order chi connectivity index (χ0) is 26.4. The number of likely N-dealkylation sites (N-methyl/N-ethyl adjacent to an activating group) is 1. The van der Waals surface area contributed by atoms with Crippen LogP contribution in [0.5, 0.6) is 0 Å². The molecule has 0 aliphatic heterocycles. The fourth-order valence-electron chi connectivity index (χ4n) is 3.47. The summed E-state index contributed by atoms with van der Waals surface area (Å²) in [6, 6.07) is 0. The van der Waals surface area contributed by atoms with Crippen molar-refractivity contribution in [3.05, 3.63) is 0 Å². The van der Waals surface area contributed by atoms with Crippen LogP contribution in [-0.2, 0) is 28.1 Å². The Balaban J connectivity index is 3.81. The Kier molecular flexibility index (Phi) is 21.9. The van der Waals surface area contributed by atoms with Crippen LogP contribution < -0.4 is 4.89 Å². The van der Waals surface area contributed by atoms with Gasteiger partial charge in [0, 0.05) is 13.3 Å². The number of ether oxygens (including phenoxy) is 2. The van der Waals surface area contributed by atoms with Gasteiger partial charge in [0.1, 0.15) is 19.8 Å². The highest BCUT2D eigenvalue weighted by Crippen LogP contribution is 2.28. The third-order valence-corrected chi connectivity index (χ3v) is 6.33. The van der Waals surface area contributed by atoms with Gasteiger partial charge >= 0.3 is 11.9 Å². The van der Waals surface area contributed by atoms with Crippen LogP contribution >= 0.6 is 8.60 Å². The van der Waals surface area contributed by atoms with E-state index in [4.69, 9.17) is 18.5 Å². The van der Waals surface area contributed by atoms with Crippen molar-refractivity contribution in [3.63, 3.8) is 0 Å². The van der Waals surface area contributed by atoms with Crippen LogP contribution in [0.25, 0.3) is 0 Å². The maximum atomic E-state index is 12.0. The van der Waals surface area contributed by atoms with E-state index >= 15 is 0 Å². The van der Waals surface area contributed by atoms with Crippen LogP contribution in [-0.4, -0.2) is 70.0 Å². The minimum atomic E-state index is -2.33. The molecule has 0 saturated carbocycles. The van der Waals surface area contributed by atoms with E-state index in [2.05, 4.69) is 6.92 Å². The lowest BCUT2D eigenvalue weighted by atomic mass is 10.0. The summed E-state index contributed by atoms with van der Waals surface area (Å²) in [5.74, 6) is -0.846. The average molecular weight is 522 g/mol. The Morgan fingerprint density at radius 1 is 0.800 bits per heavy atom. The Labute approximate surface area is 215 Å². The third-order valence-electron chi connectivity index (χ3n) is 5.57. The Morgan fingerprint density at radius 3 is 1.80 bits per heavy atom. The van der Waals surface area contributed by atoms with E-state index in [9.17, 15) is 14.5 Å². The lowest BCUT2D eigenvalue weighted by Gasteiger charge is -2.28. The highest BCUT2D eigenvalue weighted by molar-refractivity contribution is 7.39. The molecule has 35 heavy (non-hydrogen) atoms. The summed E-state index contributed by atoms with van der Waals surface area (Å²) >= 11 is 0. The minimum absolute atomic E-state index is 0.126. The van der Waals surface area contributed by atoms with Crippen LogP contribution in [0, 0.1) is 0 Å². The fraction of sp³-hybridized carbons (Fsp3) is 0.923. The second-order valence-corrected chi connectivity index (χ2v) is 11.2. The van der Waals surface area contributed by atoms with Crippen molar-refractivity contribution < 1.29 is 37.5 Å². The highest BCUT2D eigenvalue weighted by Gasteiger charge is 2.17. The second-order valence-electron chi connectivity index (χ2n) is 10.3. The van der Waals surface area contributed by atoms with Gasteiger partial charge in [0.2, 0.25) is 0 Å². The fourth-order valence-corrected chi connectivity index (χ4v) is 4.06. The van der Waals surface area contributed by atoms with Gasteiger partial charge in [-0.05, 0) is 6.42 Å². The van der Waals surface area contributed by atoms with Crippen LogP contribution in [0.2, 0.25) is 0 Å². The van der Waals surface area contributed by atoms with Crippen LogP contribution in [0.15, 0.2) is 0 Å². The lowest BCUT2D eigenvalue weighted by Crippen LogP contribution is -2.37. The molecule has 0 fully saturated rings. The molecule has 0 bridgehead atoms. The molecule has 9 heteroatoms. The van der Waals surface area contributed by atoms with Crippen LogP contribution in [0.1, 0.15) is 104 Å². The van der Waals surface area contributed by atoms with E-state index in [0.717, 1.165) is 19.3 Å². The predicted octanol–water partition coefficient (Wildman–Crippen LogP) is 5.27. The number of rotatable bonds is 24. The molecule has 208 valence electrons. The lowest BCUT2D eigenvalue weighted by molar-refractivity contribution is -0.870. The summed E-state index contributed by atoms with van der Waals surface area (Å²) in [4.78, 5) is 35.2. The van der Waals surface area contributed by atoms with Gasteiger partial charge in [-0.15, -0.1) is 0 Å². The maximum absolute atomic E-state index is 12.0. The van der Waals surface area contributed by atoms with Gasteiger partial charge < -0.3 is 27.9 Å². The monoisotopic (exact) mass is 521 g/mol. The number of nitrogens with zero attached hydrogens (tertiary/aromatic N) is 1. The van der Waals surface area contributed by atoms with Gasteiger partial charge in [-0.1, -0.05) is 84.0 Å². The van der Waals surface area contributed by atoms with Crippen molar-refractivity contribution in [3.8, 4) is 0 Å². The topological polar surface area (TPSA) is 94.1 Å². The summed E-state index contributed by atoms with van der Waals surface area (Å²) in [5.41, 5.74) is 0. The molecule has 2 unspecified atom stereocenters. The Bertz CT molecular complexity index is 528. The zero-order valence-corrected chi connectivity index (χ0v) is 24.0. The van der Waals surface area contributed by atoms with Crippen molar-refractivity contribution in [2.45, 2.75) is 110 Å². The first-order valence-corrected chi connectivity index (χ1v) is 14.6. The maximum Gasteiger partial charge on any atom is 0.305 e. The van der Waals surface area contributed by atoms with Gasteiger partial charge in [0.05, 0.1) is 36.4 Å². The first-order valence-electron chi connectivity index (χ1n) is 13.5. The molecule has 0 aliphatic carbocycles. The quantitative estimate of drug-likeness (QED) is 0.0739. The molecule has 0 aromatic rings. The SMILES string of the molecule is CCCCCCCCCCCCCCCC(=O)OCC(COP([O-])OCC[N+](C)(C)C)OC(C)=O. The minimum Gasteiger partial charge on any atom is -0.786 e. The van der Waals surface area contributed by atoms with Gasteiger partial charge in [-0.2, -0.15) is 0 Å². The molecular weight excluding hydrogens is 469 g/mol. The van der Waals surface area contributed by atoms with Crippen molar-refractivity contribution in [2.24, 2.45) is 0 Å². The predicted molar refractivity (Wildman–Crippen MR) is 139 cm³/mol. The molecule has 8 nitrogen and oxygen atoms in total.